The molecule has 2 N–H and O–H groups in total. The number of ether oxygens (including phenoxy) is 1. The second kappa shape index (κ2) is 5.25. The van der Waals surface area contributed by atoms with Crippen LogP contribution < -0.4 is 10.5 Å². The molecule has 3 rings (SSSR count). The standard InChI is InChI=1S/C13H12BrNOS2/c14-9-6-17-5-8(9)13(15)11-7-18-12-4-2-1-3-10(12)16-11/h1-6,11,13H,7,15H2. The van der Waals surface area contributed by atoms with Crippen molar-refractivity contribution in [3.63, 3.8) is 0 Å². The molecular weight excluding hydrogens is 330 g/mol. The van der Waals surface area contributed by atoms with Crippen LogP contribution >= 0.6 is 39.0 Å². The summed E-state index contributed by atoms with van der Waals surface area (Å²) in [5, 5.41) is 4.14. The van der Waals surface area contributed by atoms with Crippen molar-refractivity contribution in [3.05, 3.63) is 45.1 Å². The Balaban J connectivity index is 1.82. The van der Waals surface area contributed by atoms with Crippen molar-refractivity contribution in [1.29, 1.82) is 0 Å². The van der Waals surface area contributed by atoms with Crippen LogP contribution in [0.25, 0.3) is 0 Å². The molecule has 0 bridgehead atoms. The predicted octanol–water partition coefficient (Wildman–Crippen LogP) is 4.06. The minimum absolute atomic E-state index is 0.0239. The zero-order valence-electron chi connectivity index (χ0n) is 9.51. The first-order valence-electron chi connectivity index (χ1n) is 5.61. The first-order valence-corrected chi connectivity index (χ1v) is 8.33. The zero-order valence-corrected chi connectivity index (χ0v) is 12.7. The van der Waals surface area contributed by atoms with E-state index in [4.69, 9.17) is 10.5 Å². The van der Waals surface area contributed by atoms with Crippen LogP contribution in [0.4, 0.5) is 0 Å². The fourth-order valence-electron chi connectivity index (χ4n) is 1.94. The number of rotatable bonds is 2. The minimum atomic E-state index is -0.0912. The Morgan fingerprint density at radius 3 is 2.94 bits per heavy atom. The molecule has 0 saturated carbocycles. The molecule has 0 fully saturated rings. The molecule has 0 aliphatic carbocycles. The number of benzene rings is 1. The number of nitrogens with two attached hydrogens (primary N) is 1. The normalized spacial score (nSPS) is 20.0. The number of hydrogen-bond acceptors (Lipinski definition) is 4. The van der Waals surface area contributed by atoms with Crippen LogP contribution in [0.15, 0.2) is 44.4 Å². The molecule has 2 atom stereocenters. The van der Waals surface area contributed by atoms with Crippen LogP contribution in [0.2, 0.25) is 0 Å². The van der Waals surface area contributed by atoms with Crippen LogP contribution in [-0.4, -0.2) is 11.9 Å². The second-order valence-corrected chi connectivity index (χ2v) is 6.77. The summed E-state index contributed by atoms with van der Waals surface area (Å²) in [6.45, 7) is 0. The molecule has 2 heterocycles. The lowest BCUT2D eigenvalue weighted by Crippen LogP contribution is -2.35. The number of para-hydroxylation sites is 1. The van der Waals surface area contributed by atoms with Crippen molar-refractivity contribution < 1.29 is 4.74 Å². The molecule has 0 amide bonds. The summed E-state index contributed by atoms with van der Waals surface area (Å²) in [7, 11) is 0. The molecule has 0 spiro atoms. The Hall–Kier alpha value is -0.490. The van der Waals surface area contributed by atoms with Gasteiger partial charge in [-0.2, -0.15) is 11.3 Å². The van der Waals surface area contributed by atoms with E-state index in [0.717, 1.165) is 21.5 Å². The van der Waals surface area contributed by atoms with E-state index < -0.39 is 0 Å². The van der Waals surface area contributed by atoms with Crippen LogP contribution in [0.5, 0.6) is 5.75 Å². The van der Waals surface area contributed by atoms with Gasteiger partial charge < -0.3 is 10.5 Å². The lowest BCUT2D eigenvalue weighted by Gasteiger charge is -2.29. The molecule has 0 radical (unpaired) electrons. The predicted molar refractivity (Wildman–Crippen MR) is 80.5 cm³/mol. The highest BCUT2D eigenvalue weighted by Gasteiger charge is 2.28. The zero-order chi connectivity index (χ0) is 12.5. The van der Waals surface area contributed by atoms with Crippen LogP contribution in [0.1, 0.15) is 11.6 Å². The van der Waals surface area contributed by atoms with Crippen LogP contribution in [-0.2, 0) is 0 Å². The summed E-state index contributed by atoms with van der Waals surface area (Å²) in [6, 6.07) is 8.02. The van der Waals surface area contributed by atoms with E-state index in [1.165, 1.54) is 4.90 Å². The minimum Gasteiger partial charge on any atom is -0.486 e. The quantitative estimate of drug-likeness (QED) is 0.894. The van der Waals surface area contributed by atoms with E-state index in [1.807, 2.05) is 30.0 Å². The van der Waals surface area contributed by atoms with Gasteiger partial charge in [0.05, 0.1) is 6.04 Å². The summed E-state index contributed by atoms with van der Waals surface area (Å²) in [5.41, 5.74) is 7.44. The molecule has 1 aliphatic rings. The van der Waals surface area contributed by atoms with Crippen molar-refractivity contribution >= 4 is 39.0 Å². The van der Waals surface area contributed by atoms with Gasteiger partial charge >= 0.3 is 0 Å². The Labute approximate surface area is 123 Å². The van der Waals surface area contributed by atoms with Gasteiger partial charge in [0.1, 0.15) is 11.9 Å². The van der Waals surface area contributed by atoms with Gasteiger partial charge in [0.25, 0.3) is 0 Å². The van der Waals surface area contributed by atoms with E-state index >= 15 is 0 Å². The summed E-state index contributed by atoms with van der Waals surface area (Å²) in [6.07, 6.45) is 0.0239. The average molecular weight is 342 g/mol. The van der Waals surface area contributed by atoms with Crippen molar-refractivity contribution in [3.8, 4) is 5.75 Å². The SMILES string of the molecule is NC(c1cscc1Br)C1CSc2ccccc2O1. The first kappa shape index (κ1) is 12.5. The van der Waals surface area contributed by atoms with Gasteiger partial charge in [-0.25, -0.2) is 0 Å². The van der Waals surface area contributed by atoms with Gasteiger partial charge in [0.2, 0.25) is 0 Å². The Morgan fingerprint density at radius 2 is 2.17 bits per heavy atom. The molecule has 0 saturated heterocycles. The largest absolute Gasteiger partial charge is 0.486 e. The number of fused-ring (bicyclic) bond motifs is 1. The molecule has 2 nitrogen and oxygen atoms in total. The fraction of sp³-hybridized carbons (Fsp3) is 0.231. The van der Waals surface area contributed by atoms with E-state index in [-0.39, 0.29) is 12.1 Å². The molecule has 2 aromatic rings. The van der Waals surface area contributed by atoms with Gasteiger partial charge in [-0.15, -0.1) is 11.8 Å². The third-order valence-corrected chi connectivity index (χ3v) is 5.83. The molecule has 94 valence electrons. The van der Waals surface area contributed by atoms with Crippen LogP contribution in [0, 0.1) is 0 Å². The van der Waals surface area contributed by atoms with Gasteiger partial charge in [0, 0.05) is 20.5 Å². The summed E-state index contributed by atoms with van der Waals surface area (Å²) >= 11 is 7.00. The Kier molecular flexibility index (Phi) is 3.66. The molecule has 1 aromatic carbocycles. The monoisotopic (exact) mass is 341 g/mol. The molecular formula is C13H12BrNOS2. The molecule has 2 unspecified atom stereocenters. The summed E-state index contributed by atoms with van der Waals surface area (Å²) < 4.78 is 7.09. The molecule has 1 aromatic heterocycles. The highest BCUT2D eigenvalue weighted by Crippen LogP contribution is 2.39. The van der Waals surface area contributed by atoms with Crippen LogP contribution in [0.3, 0.4) is 0 Å². The maximum Gasteiger partial charge on any atom is 0.133 e. The third-order valence-electron chi connectivity index (χ3n) is 2.93. The second-order valence-electron chi connectivity index (χ2n) is 4.11. The van der Waals surface area contributed by atoms with Gasteiger partial charge in [-0.3, -0.25) is 0 Å². The van der Waals surface area contributed by atoms with Crippen molar-refractivity contribution in [1.82, 2.24) is 0 Å². The average Bonchev–Trinajstić information content (AvgIpc) is 2.83. The topological polar surface area (TPSA) is 35.2 Å². The number of halogens is 1. The Morgan fingerprint density at radius 1 is 1.33 bits per heavy atom. The maximum atomic E-state index is 6.31. The third kappa shape index (κ3) is 2.32. The summed E-state index contributed by atoms with van der Waals surface area (Å²) in [4.78, 5) is 1.20. The lowest BCUT2D eigenvalue weighted by atomic mass is 10.1. The highest BCUT2D eigenvalue weighted by atomic mass is 79.9. The van der Waals surface area contributed by atoms with Gasteiger partial charge in [-0.1, -0.05) is 12.1 Å². The molecule has 1 aliphatic heterocycles. The van der Waals surface area contributed by atoms with Gasteiger partial charge in [-0.05, 0) is 39.0 Å². The summed E-state index contributed by atoms with van der Waals surface area (Å²) in [5.74, 6) is 1.83. The maximum absolute atomic E-state index is 6.31. The molecule has 18 heavy (non-hydrogen) atoms. The van der Waals surface area contributed by atoms with Crippen molar-refractivity contribution in [2.45, 2.75) is 17.0 Å². The molecule has 5 heteroatoms. The first-order chi connectivity index (χ1) is 8.75. The lowest BCUT2D eigenvalue weighted by molar-refractivity contribution is 0.185. The smallest absolute Gasteiger partial charge is 0.133 e. The van der Waals surface area contributed by atoms with E-state index in [2.05, 4.69) is 32.8 Å². The van der Waals surface area contributed by atoms with Gasteiger partial charge in [0.15, 0.2) is 0 Å². The van der Waals surface area contributed by atoms with Crippen molar-refractivity contribution in [2.24, 2.45) is 5.73 Å². The number of hydrogen-bond donors (Lipinski definition) is 1. The number of thiophene rings is 1. The number of thioether (sulfide) groups is 1. The fourth-order valence-corrected chi connectivity index (χ4v) is 4.60. The Bertz CT molecular complexity index is 557. The van der Waals surface area contributed by atoms with Crippen molar-refractivity contribution in [2.75, 3.05) is 5.75 Å². The highest BCUT2D eigenvalue weighted by molar-refractivity contribution is 9.10. The van der Waals surface area contributed by atoms with E-state index in [9.17, 15) is 0 Å². The van der Waals surface area contributed by atoms with E-state index in [0.29, 0.717) is 0 Å². The van der Waals surface area contributed by atoms with E-state index in [1.54, 1.807) is 11.3 Å².